The first-order valence-corrected chi connectivity index (χ1v) is 10.3. The van der Waals surface area contributed by atoms with Crippen molar-refractivity contribution in [1.82, 2.24) is 9.97 Å². The highest BCUT2D eigenvalue weighted by atomic mass is 32.2. The van der Waals surface area contributed by atoms with Gasteiger partial charge in [0, 0.05) is 10.3 Å². The van der Waals surface area contributed by atoms with Gasteiger partial charge in [-0.05, 0) is 24.3 Å². The Labute approximate surface area is 157 Å². The number of anilines is 1. The Balaban J connectivity index is 1.41. The van der Waals surface area contributed by atoms with Crippen LogP contribution in [-0.4, -0.2) is 21.6 Å². The topological polar surface area (TPSA) is 54.9 Å². The van der Waals surface area contributed by atoms with Crippen LogP contribution in [-0.2, 0) is 4.79 Å². The molecule has 0 spiro atoms. The molecule has 0 aliphatic heterocycles. The van der Waals surface area contributed by atoms with Crippen molar-refractivity contribution in [1.29, 1.82) is 0 Å². The van der Waals surface area contributed by atoms with Crippen molar-refractivity contribution in [2.75, 3.05) is 11.1 Å². The molecule has 4 rings (SSSR count). The van der Waals surface area contributed by atoms with Crippen molar-refractivity contribution in [3.63, 3.8) is 0 Å². The Morgan fingerprint density at radius 2 is 1.84 bits per heavy atom. The molecule has 0 unspecified atom stereocenters. The SMILES string of the molecule is O=C(CSc1ccccc1)Nc1nc(-c2nc3ccccc3s2)cs1. The predicted octanol–water partition coefficient (Wildman–Crippen LogP) is 5.15. The van der Waals surface area contributed by atoms with Gasteiger partial charge in [0.15, 0.2) is 5.13 Å². The zero-order valence-electron chi connectivity index (χ0n) is 13.0. The summed E-state index contributed by atoms with van der Waals surface area (Å²) in [6, 6.07) is 17.9. The van der Waals surface area contributed by atoms with E-state index < -0.39 is 0 Å². The fraction of sp³-hybridized carbons (Fsp3) is 0.0556. The highest BCUT2D eigenvalue weighted by Gasteiger charge is 2.12. The van der Waals surface area contributed by atoms with Gasteiger partial charge in [0.1, 0.15) is 10.7 Å². The minimum Gasteiger partial charge on any atom is -0.301 e. The maximum absolute atomic E-state index is 12.1. The van der Waals surface area contributed by atoms with Gasteiger partial charge in [-0.2, -0.15) is 0 Å². The predicted molar refractivity (Wildman–Crippen MR) is 107 cm³/mol. The summed E-state index contributed by atoms with van der Waals surface area (Å²) >= 11 is 4.53. The molecule has 2 aromatic heterocycles. The monoisotopic (exact) mass is 383 g/mol. The van der Waals surface area contributed by atoms with E-state index in [1.807, 2.05) is 60.0 Å². The zero-order chi connectivity index (χ0) is 17.1. The molecule has 0 bridgehead atoms. The second-order valence-electron chi connectivity index (χ2n) is 5.17. The normalized spacial score (nSPS) is 10.9. The molecule has 0 radical (unpaired) electrons. The van der Waals surface area contributed by atoms with Gasteiger partial charge in [0.2, 0.25) is 5.91 Å². The molecule has 1 amide bonds. The van der Waals surface area contributed by atoms with Crippen molar-refractivity contribution in [2.24, 2.45) is 0 Å². The van der Waals surface area contributed by atoms with Gasteiger partial charge in [0.05, 0.1) is 16.0 Å². The highest BCUT2D eigenvalue weighted by molar-refractivity contribution is 8.00. The van der Waals surface area contributed by atoms with Crippen LogP contribution in [0.5, 0.6) is 0 Å². The van der Waals surface area contributed by atoms with Gasteiger partial charge in [-0.1, -0.05) is 30.3 Å². The van der Waals surface area contributed by atoms with Crippen molar-refractivity contribution in [2.45, 2.75) is 4.90 Å². The molecule has 2 heterocycles. The number of fused-ring (bicyclic) bond motifs is 1. The van der Waals surface area contributed by atoms with Crippen molar-refractivity contribution in [3.05, 3.63) is 60.0 Å². The number of nitrogens with zero attached hydrogens (tertiary/aromatic N) is 2. The van der Waals surface area contributed by atoms with Gasteiger partial charge in [-0.15, -0.1) is 34.4 Å². The van der Waals surface area contributed by atoms with Crippen LogP contribution >= 0.6 is 34.4 Å². The van der Waals surface area contributed by atoms with E-state index in [9.17, 15) is 4.79 Å². The molecule has 2 aromatic carbocycles. The third-order valence-electron chi connectivity index (χ3n) is 3.38. The number of carbonyl (C=O) groups excluding carboxylic acids is 1. The summed E-state index contributed by atoms with van der Waals surface area (Å²) in [5, 5.41) is 6.27. The minimum absolute atomic E-state index is 0.0564. The number of aromatic nitrogens is 2. The number of carbonyl (C=O) groups is 1. The first-order valence-electron chi connectivity index (χ1n) is 7.57. The molecule has 0 aliphatic rings. The molecular weight excluding hydrogens is 370 g/mol. The van der Waals surface area contributed by atoms with Crippen LogP contribution in [0.3, 0.4) is 0 Å². The first kappa shape index (κ1) is 16.3. The van der Waals surface area contributed by atoms with Crippen molar-refractivity contribution < 1.29 is 4.79 Å². The van der Waals surface area contributed by atoms with Crippen LogP contribution in [0, 0.1) is 0 Å². The van der Waals surface area contributed by atoms with E-state index in [1.54, 1.807) is 11.3 Å². The van der Waals surface area contributed by atoms with E-state index in [0.29, 0.717) is 10.9 Å². The summed E-state index contributed by atoms with van der Waals surface area (Å²) in [7, 11) is 0. The molecule has 0 fully saturated rings. The fourth-order valence-electron chi connectivity index (χ4n) is 2.23. The molecule has 1 N–H and O–H groups in total. The third kappa shape index (κ3) is 3.89. The summed E-state index contributed by atoms with van der Waals surface area (Å²) in [6.07, 6.45) is 0. The van der Waals surface area contributed by atoms with Gasteiger partial charge in [0.25, 0.3) is 0 Å². The largest absolute Gasteiger partial charge is 0.301 e. The Kier molecular flexibility index (Phi) is 4.78. The Morgan fingerprint density at radius 1 is 1.04 bits per heavy atom. The van der Waals surface area contributed by atoms with E-state index in [2.05, 4.69) is 15.3 Å². The standard InChI is InChI=1S/C18H13N3OS3/c22-16(11-23-12-6-2-1-3-7-12)21-18-20-14(10-24-18)17-19-13-8-4-5-9-15(13)25-17/h1-10H,11H2,(H,20,21,22). The number of hydrogen-bond donors (Lipinski definition) is 1. The molecule has 124 valence electrons. The lowest BCUT2D eigenvalue weighted by molar-refractivity contribution is -0.113. The number of thioether (sulfide) groups is 1. The number of para-hydroxylation sites is 1. The van der Waals surface area contributed by atoms with Crippen molar-refractivity contribution in [3.8, 4) is 10.7 Å². The van der Waals surface area contributed by atoms with E-state index in [0.717, 1.165) is 25.8 Å². The van der Waals surface area contributed by atoms with Gasteiger partial charge >= 0.3 is 0 Å². The quantitative estimate of drug-likeness (QED) is 0.484. The summed E-state index contributed by atoms with van der Waals surface area (Å²) in [6.45, 7) is 0. The van der Waals surface area contributed by atoms with E-state index >= 15 is 0 Å². The number of amides is 1. The molecule has 7 heteroatoms. The van der Waals surface area contributed by atoms with Crippen LogP contribution in [0.1, 0.15) is 0 Å². The van der Waals surface area contributed by atoms with Crippen LogP contribution in [0.4, 0.5) is 5.13 Å². The minimum atomic E-state index is -0.0564. The zero-order valence-corrected chi connectivity index (χ0v) is 15.5. The molecule has 25 heavy (non-hydrogen) atoms. The van der Waals surface area contributed by atoms with Crippen LogP contribution < -0.4 is 5.32 Å². The molecule has 0 saturated carbocycles. The Hall–Kier alpha value is -2.22. The highest BCUT2D eigenvalue weighted by Crippen LogP contribution is 2.32. The van der Waals surface area contributed by atoms with Crippen LogP contribution in [0.2, 0.25) is 0 Å². The average Bonchev–Trinajstić information content (AvgIpc) is 3.27. The summed E-state index contributed by atoms with van der Waals surface area (Å²) in [5.41, 5.74) is 1.78. The van der Waals surface area contributed by atoms with Crippen molar-refractivity contribution >= 4 is 55.7 Å². The Bertz CT molecular complexity index is 978. The molecule has 0 atom stereocenters. The van der Waals surface area contributed by atoms with E-state index in [1.165, 1.54) is 23.1 Å². The maximum Gasteiger partial charge on any atom is 0.236 e. The smallest absolute Gasteiger partial charge is 0.236 e. The Morgan fingerprint density at radius 3 is 2.68 bits per heavy atom. The molecule has 0 saturated heterocycles. The number of rotatable bonds is 5. The van der Waals surface area contributed by atoms with E-state index in [4.69, 9.17) is 0 Å². The lowest BCUT2D eigenvalue weighted by atomic mass is 10.3. The van der Waals surface area contributed by atoms with Gasteiger partial charge < -0.3 is 5.32 Å². The first-order chi connectivity index (χ1) is 12.3. The van der Waals surface area contributed by atoms with Gasteiger partial charge in [-0.3, -0.25) is 4.79 Å². The molecule has 0 aliphatic carbocycles. The van der Waals surface area contributed by atoms with Gasteiger partial charge in [-0.25, -0.2) is 9.97 Å². The lowest BCUT2D eigenvalue weighted by Crippen LogP contribution is -2.13. The summed E-state index contributed by atoms with van der Waals surface area (Å²) < 4.78 is 1.13. The maximum atomic E-state index is 12.1. The molecule has 4 aromatic rings. The van der Waals surface area contributed by atoms with Crippen LogP contribution in [0.15, 0.2) is 64.9 Å². The summed E-state index contributed by atoms with van der Waals surface area (Å²) in [4.78, 5) is 22.3. The lowest BCUT2D eigenvalue weighted by Gasteiger charge is -2.01. The van der Waals surface area contributed by atoms with Crippen LogP contribution in [0.25, 0.3) is 20.9 Å². The number of benzene rings is 2. The molecular formula is C18H13N3OS3. The second kappa shape index (κ2) is 7.35. The number of nitrogens with one attached hydrogen (secondary N) is 1. The number of hydrogen-bond acceptors (Lipinski definition) is 6. The van der Waals surface area contributed by atoms with E-state index in [-0.39, 0.29) is 5.91 Å². The third-order valence-corrected chi connectivity index (χ3v) is 6.21. The summed E-state index contributed by atoms with van der Waals surface area (Å²) in [5.74, 6) is 0.305. The second-order valence-corrected chi connectivity index (χ2v) is 8.11. The molecule has 4 nitrogen and oxygen atoms in total. The number of thiazole rings is 2. The fourth-order valence-corrected chi connectivity index (χ4v) is 4.66. The average molecular weight is 384 g/mol.